The van der Waals surface area contributed by atoms with Crippen molar-refractivity contribution in [1.82, 2.24) is 15.1 Å². The van der Waals surface area contributed by atoms with Crippen molar-refractivity contribution >= 4 is 11.9 Å². The normalized spacial score (nSPS) is 11.2. The van der Waals surface area contributed by atoms with E-state index in [4.69, 9.17) is 5.11 Å². The number of benzene rings is 1. The standard InChI is InChI=1S/C16H19N3O3/c1-16(2,15(21)22)8-10-17-14(20)12-4-6-13(7-5-12)19-11-3-9-18-19/h3-7,9,11H,8,10H2,1-2H3,(H,17,20)(H,21,22). The molecular weight excluding hydrogens is 282 g/mol. The van der Waals surface area contributed by atoms with Gasteiger partial charge in [-0.15, -0.1) is 0 Å². The smallest absolute Gasteiger partial charge is 0.309 e. The van der Waals surface area contributed by atoms with Crippen molar-refractivity contribution in [1.29, 1.82) is 0 Å². The lowest BCUT2D eigenvalue weighted by molar-refractivity contribution is -0.147. The first-order valence-electron chi connectivity index (χ1n) is 7.02. The number of carbonyl (C=O) groups is 2. The van der Waals surface area contributed by atoms with Crippen LogP contribution < -0.4 is 5.32 Å². The molecule has 0 saturated heterocycles. The molecule has 2 rings (SSSR count). The van der Waals surface area contributed by atoms with Gasteiger partial charge in [0.1, 0.15) is 0 Å². The van der Waals surface area contributed by atoms with Crippen LogP contribution in [0.25, 0.3) is 5.69 Å². The average molecular weight is 301 g/mol. The van der Waals surface area contributed by atoms with Gasteiger partial charge in [-0.05, 0) is 50.6 Å². The van der Waals surface area contributed by atoms with Gasteiger partial charge in [-0.3, -0.25) is 9.59 Å². The predicted octanol–water partition coefficient (Wildman–Crippen LogP) is 2.10. The molecule has 6 nitrogen and oxygen atoms in total. The van der Waals surface area contributed by atoms with Crippen LogP contribution in [0, 0.1) is 5.41 Å². The third-order valence-corrected chi connectivity index (χ3v) is 3.51. The molecule has 0 aliphatic heterocycles. The van der Waals surface area contributed by atoms with Crippen LogP contribution in [0.4, 0.5) is 0 Å². The molecule has 0 unspecified atom stereocenters. The van der Waals surface area contributed by atoms with Crippen LogP contribution in [-0.2, 0) is 4.79 Å². The number of hydrogen-bond acceptors (Lipinski definition) is 3. The number of carboxylic acid groups (broad SMARTS) is 1. The maximum absolute atomic E-state index is 12.0. The van der Waals surface area contributed by atoms with E-state index in [9.17, 15) is 9.59 Å². The van der Waals surface area contributed by atoms with E-state index < -0.39 is 11.4 Å². The highest BCUT2D eigenvalue weighted by atomic mass is 16.4. The number of carbonyl (C=O) groups excluding carboxylic acids is 1. The largest absolute Gasteiger partial charge is 0.481 e. The van der Waals surface area contributed by atoms with Gasteiger partial charge in [-0.2, -0.15) is 5.10 Å². The summed E-state index contributed by atoms with van der Waals surface area (Å²) in [6, 6.07) is 8.88. The minimum Gasteiger partial charge on any atom is -0.481 e. The first-order valence-corrected chi connectivity index (χ1v) is 7.02. The molecule has 0 saturated carbocycles. The molecule has 116 valence electrons. The lowest BCUT2D eigenvalue weighted by Crippen LogP contribution is -2.31. The minimum absolute atomic E-state index is 0.215. The van der Waals surface area contributed by atoms with Gasteiger partial charge in [0.05, 0.1) is 11.1 Å². The van der Waals surface area contributed by atoms with Crippen LogP contribution in [0.15, 0.2) is 42.7 Å². The molecule has 1 aromatic carbocycles. The number of amides is 1. The van der Waals surface area contributed by atoms with Crippen LogP contribution in [0.5, 0.6) is 0 Å². The van der Waals surface area contributed by atoms with Crippen molar-refractivity contribution in [3.8, 4) is 5.69 Å². The van der Waals surface area contributed by atoms with Crippen molar-refractivity contribution in [2.45, 2.75) is 20.3 Å². The molecule has 22 heavy (non-hydrogen) atoms. The molecule has 0 atom stereocenters. The molecule has 0 radical (unpaired) electrons. The van der Waals surface area contributed by atoms with E-state index in [1.807, 2.05) is 24.4 Å². The van der Waals surface area contributed by atoms with Gasteiger partial charge in [-0.25, -0.2) is 4.68 Å². The Morgan fingerprint density at radius 2 is 1.95 bits per heavy atom. The van der Waals surface area contributed by atoms with E-state index in [1.54, 1.807) is 36.9 Å². The fourth-order valence-electron chi connectivity index (χ4n) is 1.88. The lowest BCUT2D eigenvalue weighted by atomic mass is 9.90. The lowest BCUT2D eigenvalue weighted by Gasteiger charge is -2.18. The zero-order valence-electron chi connectivity index (χ0n) is 12.6. The summed E-state index contributed by atoms with van der Waals surface area (Å²) < 4.78 is 1.71. The summed E-state index contributed by atoms with van der Waals surface area (Å²) in [5.74, 6) is -1.08. The zero-order valence-corrected chi connectivity index (χ0v) is 12.6. The number of nitrogens with zero attached hydrogens (tertiary/aromatic N) is 2. The molecule has 0 aliphatic rings. The van der Waals surface area contributed by atoms with Crippen LogP contribution in [0.1, 0.15) is 30.6 Å². The van der Waals surface area contributed by atoms with Crippen molar-refractivity contribution in [3.05, 3.63) is 48.3 Å². The molecule has 1 amide bonds. The number of aliphatic carboxylic acids is 1. The van der Waals surface area contributed by atoms with E-state index in [0.717, 1.165) is 5.69 Å². The van der Waals surface area contributed by atoms with Crippen molar-refractivity contribution < 1.29 is 14.7 Å². The summed E-state index contributed by atoms with van der Waals surface area (Å²) in [5.41, 5.74) is 0.551. The van der Waals surface area contributed by atoms with E-state index in [0.29, 0.717) is 18.5 Å². The number of carboxylic acids is 1. The second-order valence-electron chi connectivity index (χ2n) is 5.69. The second-order valence-corrected chi connectivity index (χ2v) is 5.69. The van der Waals surface area contributed by atoms with Crippen molar-refractivity contribution in [2.75, 3.05) is 6.54 Å². The quantitative estimate of drug-likeness (QED) is 0.855. The van der Waals surface area contributed by atoms with Crippen LogP contribution >= 0.6 is 0 Å². The van der Waals surface area contributed by atoms with Gasteiger partial charge in [0.25, 0.3) is 5.91 Å². The highest BCUT2D eigenvalue weighted by molar-refractivity contribution is 5.94. The first kappa shape index (κ1) is 15.8. The van der Waals surface area contributed by atoms with Crippen molar-refractivity contribution in [3.63, 3.8) is 0 Å². The van der Waals surface area contributed by atoms with Crippen LogP contribution in [0.2, 0.25) is 0 Å². The molecule has 0 aliphatic carbocycles. The van der Waals surface area contributed by atoms with E-state index in [-0.39, 0.29) is 5.91 Å². The van der Waals surface area contributed by atoms with E-state index >= 15 is 0 Å². The molecule has 1 heterocycles. The maximum atomic E-state index is 12.0. The topological polar surface area (TPSA) is 84.2 Å². The average Bonchev–Trinajstić information content (AvgIpc) is 3.01. The number of hydrogen-bond donors (Lipinski definition) is 2. The summed E-state index contributed by atoms with van der Waals surface area (Å²) in [5, 5.41) is 15.9. The first-order chi connectivity index (χ1) is 10.4. The highest BCUT2D eigenvalue weighted by Gasteiger charge is 2.26. The summed E-state index contributed by atoms with van der Waals surface area (Å²) in [7, 11) is 0. The molecule has 0 bridgehead atoms. The Morgan fingerprint density at radius 1 is 1.27 bits per heavy atom. The highest BCUT2D eigenvalue weighted by Crippen LogP contribution is 2.19. The SMILES string of the molecule is CC(C)(CCNC(=O)c1ccc(-n2cccn2)cc1)C(=O)O. The van der Waals surface area contributed by atoms with Gasteiger partial charge in [0, 0.05) is 24.5 Å². The molecule has 0 fully saturated rings. The summed E-state index contributed by atoms with van der Waals surface area (Å²) >= 11 is 0. The Balaban J connectivity index is 1.92. The number of nitrogens with one attached hydrogen (secondary N) is 1. The van der Waals surface area contributed by atoms with Crippen LogP contribution in [0.3, 0.4) is 0 Å². The Morgan fingerprint density at radius 3 is 2.50 bits per heavy atom. The maximum Gasteiger partial charge on any atom is 0.309 e. The minimum atomic E-state index is -0.870. The molecule has 0 spiro atoms. The third-order valence-electron chi connectivity index (χ3n) is 3.51. The van der Waals surface area contributed by atoms with Crippen LogP contribution in [-0.4, -0.2) is 33.3 Å². The fourth-order valence-corrected chi connectivity index (χ4v) is 1.88. The van der Waals surface area contributed by atoms with Gasteiger partial charge in [0.2, 0.25) is 0 Å². The molecule has 6 heteroatoms. The van der Waals surface area contributed by atoms with E-state index in [2.05, 4.69) is 10.4 Å². The van der Waals surface area contributed by atoms with Crippen molar-refractivity contribution in [2.24, 2.45) is 5.41 Å². The Bertz CT molecular complexity index is 646. The van der Waals surface area contributed by atoms with E-state index in [1.165, 1.54) is 0 Å². The molecule has 2 aromatic rings. The van der Waals surface area contributed by atoms with Gasteiger partial charge in [0.15, 0.2) is 0 Å². The van der Waals surface area contributed by atoms with Gasteiger partial charge in [-0.1, -0.05) is 0 Å². The zero-order chi connectivity index (χ0) is 16.2. The summed E-state index contributed by atoms with van der Waals surface area (Å²) in [6.07, 6.45) is 3.88. The Labute approximate surface area is 128 Å². The summed E-state index contributed by atoms with van der Waals surface area (Å²) in [6.45, 7) is 3.60. The van der Waals surface area contributed by atoms with Gasteiger partial charge < -0.3 is 10.4 Å². The fraction of sp³-hybridized carbons (Fsp3) is 0.312. The molecule has 2 N–H and O–H groups in total. The second kappa shape index (κ2) is 6.43. The predicted molar refractivity (Wildman–Crippen MR) is 81.9 cm³/mol. The van der Waals surface area contributed by atoms with Gasteiger partial charge >= 0.3 is 5.97 Å². The summed E-state index contributed by atoms with van der Waals surface area (Å²) in [4.78, 5) is 23.0. The Hall–Kier alpha value is -2.63. The molecular formula is C16H19N3O3. The number of aromatic nitrogens is 2. The third kappa shape index (κ3) is 3.72. The molecule has 1 aromatic heterocycles. The monoisotopic (exact) mass is 301 g/mol. The Kier molecular flexibility index (Phi) is 4.60. The number of rotatable bonds is 6.